The average Bonchev–Trinajstić information content (AvgIpc) is 3.79. The van der Waals surface area contributed by atoms with Crippen molar-refractivity contribution in [3.63, 3.8) is 0 Å². The van der Waals surface area contributed by atoms with Crippen molar-refractivity contribution in [1.29, 1.82) is 0 Å². The first kappa shape index (κ1) is 27.6. The van der Waals surface area contributed by atoms with Gasteiger partial charge in [-0.3, -0.25) is 10.00 Å². The third-order valence-corrected chi connectivity index (χ3v) is 10.6. The molecule has 0 spiro atoms. The standard InChI is InChI=1S/C34H42N8O2/c1-2-23-8-3-9-24-10-4-12-28(29(23)24)40-19-13-26-27(21-40)35-33(44-22-34-14-6-17-42(34)18-7-15-34)37-31(26)41-16-5-11-25(20-41)30-36-32(43)39-38-30/h3-4,8-10,12,25H,2,5-7,11,13-22H2,1H3,(H2,36,38,39,43). The number of benzene rings is 2. The van der Waals surface area contributed by atoms with Crippen molar-refractivity contribution in [3.05, 3.63) is 69.5 Å². The first-order valence-corrected chi connectivity index (χ1v) is 16.5. The predicted octanol–water partition coefficient (Wildman–Crippen LogP) is 4.56. The summed E-state index contributed by atoms with van der Waals surface area (Å²) in [7, 11) is 0. The molecule has 4 aliphatic rings. The van der Waals surface area contributed by atoms with Gasteiger partial charge in [0.25, 0.3) is 0 Å². The van der Waals surface area contributed by atoms with Crippen LogP contribution in [-0.2, 0) is 19.4 Å². The Labute approximate surface area is 257 Å². The molecule has 10 nitrogen and oxygen atoms in total. The summed E-state index contributed by atoms with van der Waals surface area (Å²) in [5.41, 5.74) is 4.75. The summed E-state index contributed by atoms with van der Waals surface area (Å²) < 4.78 is 6.58. The molecule has 4 aromatic rings. The van der Waals surface area contributed by atoms with Gasteiger partial charge in [-0.15, -0.1) is 0 Å². The van der Waals surface area contributed by atoms with Crippen LogP contribution < -0.4 is 20.2 Å². The van der Waals surface area contributed by atoms with E-state index in [9.17, 15) is 4.79 Å². The second kappa shape index (κ2) is 11.2. The van der Waals surface area contributed by atoms with Gasteiger partial charge in [-0.05, 0) is 81.5 Å². The van der Waals surface area contributed by atoms with Crippen LogP contribution in [0.3, 0.4) is 0 Å². The molecule has 3 saturated heterocycles. The van der Waals surface area contributed by atoms with Crippen LogP contribution in [0.4, 0.5) is 11.5 Å². The molecule has 0 amide bonds. The van der Waals surface area contributed by atoms with Gasteiger partial charge < -0.3 is 14.5 Å². The van der Waals surface area contributed by atoms with Gasteiger partial charge in [-0.2, -0.15) is 15.0 Å². The lowest BCUT2D eigenvalue weighted by Crippen LogP contribution is -2.44. The molecule has 0 bridgehead atoms. The summed E-state index contributed by atoms with van der Waals surface area (Å²) in [6, 6.07) is 13.8. The normalized spacial score (nSPS) is 21.5. The number of nitrogens with one attached hydrogen (secondary N) is 2. The second-order valence-corrected chi connectivity index (χ2v) is 13.1. The first-order chi connectivity index (χ1) is 21.6. The number of ether oxygens (including phenoxy) is 1. The van der Waals surface area contributed by atoms with Crippen molar-refractivity contribution in [2.45, 2.75) is 76.3 Å². The van der Waals surface area contributed by atoms with Crippen molar-refractivity contribution < 1.29 is 4.74 Å². The fourth-order valence-corrected chi connectivity index (χ4v) is 8.40. The molecule has 6 heterocycles. The van der Waals surface area contributed by atoms with Crippen LogP contribution in [0, 0.1) is 0 Å². The topological polar surface area (TPSA) is 106 Å². The Morgan fingerprint density at radius 2 is 1.80 bits per heavy atom. The summed E-state index contributed by atoms with van der Waals surface area (Å²) in [6.45, 7) is 8.53. The van der Waals surface area contributed by atoms with Crippen LogP contribution in [-0.4, -0.2) is 74.9 Å². The fraction of sp³-hybridized carbons (Fsp3) is 0.529. The third-order valence-electron chi connectivity index (χ3n) is 10.6. The largest absolute Gasteiger partial charge is 0.461 e. The number of rotatable bonds is 7. The zero-order chi connectivity index (χ0) is 29.7. The smallest absolute Gasteiger partial charge is 0.361 e. The lowest BCUT2D eigenvalue weighted by Gasteiger charge is -2.37. The molecular weight excluding hydrogens is 552 g/mol. The lowest BCUT2D eigenvalue weighted by atomic mass is 9.95. The van der Waals surface area contributed by atoms with Crippen LogP contribution in [0.25, 0.3) is 10.8 Å². The summed E-state index contributed by atoms with van der Waals surface area (Å²) in [6.07, 6.45) is 8.72. The maximum atomic E-state index is 11.8. The molecule has 8 rings (SSSR count). The molecule has 2 aromatic heterocycles. The number of hydrogen-bond donors (Lipinski definition) is 2. The van der Waals surface area contributed by atoms with Gasteiger partial charge in [0.15, 0.2) is 0 Å². The molecule has 3 fully saturated rings. The van der Waals surface area contributed by atoms with Crippen LogP contribution in [0.2, 0.25) is 0 Å². The molecule has 4 aliphatic heterocycles. The van der Waals surface area contributed by atoms with Crippen molar-refractivity contribution in [1.82, 2.24) is 30.0 Å². The zero-order valence-corrected chi connectivity index (χ0v) is 25.6. The number of anilines is 2. The third kappa shape index (κ3) is 4.83. The molecule has 0 radical (unpaired) electrons. The highest BCUT2D eigenvalue weighted by molar-refractivity contribution is 5.97. The van der Waals surface area contributed by atoms with Crippen LogP contribution in [0.15, 0.2) is 41.2 Å². The minimum Gasteiger partial charge on any atom is -0.461 e. The summed E-state index contributed by atoms with van der Waals surface area (Å²) >= 11 is 0. The van der Waals surface area contributed by atoms with E-state index in [0.29, 0.717) is 12.6 Å². The van der Waals surface area contributed by atoms with Gasteiger partial charge in [0.2, 0.25) is 0 Å². The number of aromatic amines is 2. The summed E-state index contributed by atoms with van der Waals surface area (Å²) in [5.74, 6) is 1.87. The maximum absolute atomic E-state index is 11.8. The van der Waals surface area contributed by atoms with E-state index >= 15 is 0 Å². The summed E-state index contributed by atoms with van der Waals surface area (Å²) in [4.78, 5) is 33.8. The molecule has 1 atom stereocenters. The van der Waals surface area contributed by atoms with E-state index in [-0.39, 0.29) is 17.1 Å². The molecule has 10 heteroatoms. The van der Waals surface area contributed by atoms with Crippen LogP contribution >= 0.6 is 0 Å². The fourth-order valence-electron chi connectivity index (χ4n) is 8.40. The molecule has 0 aliphatic carbocycles. The van der Waals surface area contributed by atoms with Gasteiger partial charge in [-0.1, -0.05) is 37.3 Å². The van der Waals surface area contributed by atoms with E-state index in [1.165, 1.54) is 66.4 Å². The lowest BCUT2D eigenvalue weighted by molar-refractivity contribution is 0.107. The Morgan fingerprint density at radius 3 is 2.59 bits per heavy atom. The van der Waals surface area contributed by atoms with Gasteiger partial charge in [0.1, 0.15) is 18.2 Å². The molecule has 0 saturated carbocycles. The van der Waals surface area contributed by atoms with Crippen LogP contribution in [0.5, 0.6) is 6.01 Å². The number of piperidine rings is 1. The zero-order valence-electron chi connectivity index (χ0n) is 25.6. The van der Waals surface area contributed by atoms with E-state index in [4.69, 9.17) is 14.7 Å². The minimum atomic E-state index is -0.320. The Morgan fingerprint density at radius 1 is 0.955 bits per heavy atom. The quantitative estimate of drug-likeness (QED) is 0.321. The molecule has 2 N–H and O–H groups in total. The van der Waals surface area contributed by atoms with E-state index in [1.807, 2.05) is 0 Å². The van der Waals surface area contributed by atoms with Crippen molar-refractivity contribution in [3.8, 4) is 6.01 Å². The maximum Gasteiger partial charge on any atom is 0.361 e. The average molecular weight is 595 g/mol. The van der Waals surface area contributed by atoms with E-state index < -0.39 is 0 Å². The Hall–Kier alpha value is -3.92. The van der Waals surface area contributed by atoms with E-state index in [2.05, 4.69) is 73.2 Å². The SMILES string of the molecule is CCc1cccc2cccc(N3CCc4c(nc(OCC56CCCN5CCC6)nc4N4CCCC(c5nc(=O)[nH][nH]5)C4)C3)c12. The number of nitrogens with zero attached hydrogens (tertiary/aromatic N) is 6. The van der Waals surface area contributed by atoms with E-state index in [1.54, 1.807) is 0 Å². The second-order valence-electron chi connectivity index (χ2n) is 13.1. The monoisotopic (exact) mass is 594 g/mol. The first-order valence-electron chi connectivity index (χ1n) is 16.5. The highest BCUT2D eigenvalue weighted by atomic mass is 16.5. The number of hydrogen-bond acceptors (Lipinski definition) is 8. The number of fused-ring (bicyclic) bond motifs is 3. The Balaban J connectivity index is 1.14. The van der Waals surface area contributed by atoms with Crippen molar-refractivity contribution in [2.24, 2.45) is 0 Å². The predicted molar refractivity (Wildman–Crippen MR) is 172 cm³/mol. The van der Waals surface area contributed by atoms with Crippen molar-refractivity contribution >= 4 is 22.3 Å². The number of aryl methyl sites for hydroxylation is 1. The number of H-pyrrole nitrogens is 2. The highest BCUT2D eigenvalue weighted by Crippen LogP contribution is 2.40. The Bertz CT molecular complexity index is 1710. The van der Waals surface area contributed by atoms with Crippen molar-refractivity contribution in [2.75, 3.05) is 49.1 Å². The van der Waals surface area contributed by atoms with Gasteiger partial charge in [0.05, 0.1) is 17.8 Å². The molecule has 2 aromatic carbocycles. The van der Waals surface area contributed by atoms with Gasteiger partial charge >= 0.3 is 11.7 Å². The number of aromatic nitrogens is 5. The highest BCUT2D eigenvalue weighted by Gasteiger charge is 2.45. The molecule has 44 heavy (non-hydrogen) atoms. The Kier molecular flexibility index (Phi) is 7.04. The minimum absolute atomic E-state index is 0.132. The van der Waals surface area contributed by atoms with Crippen LogP contribution in [0.1, 0.15) is 74.0 Å². The van der Waals surface area contributed by atoms with E-state index in [0.717, 1.165) is 69.2 Å². The molecular formula is C34H42N8O2. The molecule has 230 valence electrons. The molecule has 1 unspecified atom stereocenters. The van der Waals surface area contributed by atoms with Gasteiger partial charge in [-0.25, -0.2) is 9.89 Å². The summed E-state index contributed by atoms with van der Waals surface area (Å²) in [5, 5.41) is 8.25. The van der Waals surface area contributed by atoms with Gasteiger partial charge in [0, 0.05) is 42.2 Å².